The Kier molecular flexibility index (Phi) is 4.59. The molecule has 30 heavy (non-hydrogen) atoms. The number of benzene rings is 1. The number of phenols is 1. The summed E-state index contributed by atoms with van der Waals surface area (Å²) in [5, 5.41) is 24.2. The van der Waals surface area contributed by atoms with E-state index in [0.29, 0.717) is 22.2 Å². The largest absolute Gasteiger partial charge is 0.507 e. The summed E-state index contributed by atoms with van der Waals surface area (Å²) in [6.45, 7) is 3.77. The second kappa shape index (κ2) is 7.17. The van der Waals surface area contributed by atoms with Gasteiger partial charge in [0.15, 0.2) is 5.01 Å². The molecule has 156 valence electrons. The van der Waals surface area contributed by atoms with E-state index >= 15 is 0 Å². The van der Waals surface area contributed by atoms with E-state index in [2.05, 4.69) is 20.2 Å². The monoisotopic (exact) mass is 427 g/mol. The first-order valence-electron chi connectivity index (χ1n) is 9.85. The summed E-state index contributed by atoms with van der Waals surface area (Å²) < 4.78 is 22.1. The quantitative estimate of drug-likeness (QED) is 0.681. The number of hydrogen-bond donors (Lipinski definition) is 1. The molecule has 3 aromatic rings. The summed E-state index contributed by atoms with van der Waals surface area (Å²) in [5.74, 6) is 0.0755. The van der Waals surface area contributed by atoms with Gasteiger partial charge in [-0.25, -0.2) is 9.07 Å². The summed E-state index contributed by atoms with van der Waals surface area (Å²) in [7, 11) is 1.96. The third-order valence-electron chi connectivity index (χ3n) is 6.00. The molecule has 1 saturated heterocycles. The van der Waals surface area contributed by atoms with Gasteiger partial charge in [-0.1, -0.05) is 16.4 Å². The summed E-state index contributed by atoms with van der Waals surface area (Å²) in [5.41, 5.74) is 3.06. The van der Waals surface area contributed by atoms with E-state index in [-0.39, 0.29) is 29.8 Å². The Morgan fingerprint density at radius 3 is 2.67 bits per heavy atom. The summed E-state index contributed by atoms with van der Waals surface area (Å²) in [6, 6.07) is 7.07. The first kappa shape index (κ1) is 19.2. The molecular weight excluding hydrogens is 405 g/mol. The van der Waals surface area contributed by atoms with Crippen molar-refractivity contribution in [1.82, 2.24) is 24.9 Å². The van der Waals surface area contributed by atoms with Crippen LogP contribution in [-0.4, -0.2) is 55.2 Å². The summed E-state index contributed by atoms with van der Waals surface area (Å²) in [6.07, 6.45) is 3.05. The van der Waals surface area contributed by atoms with Crippen LogP contribution in [0.25, 0.3) is 16.3 Å². The molecule has 9 heteroatoms. The van der Waals surface area contributed by atoms with Gasteiger partial charge in [-0.15, -0.1) is 5.10 Å². The number of aryl methyl sites for hydroxylation is 1. The maximum atomic E-state index is 14.4. The molecule has 0 spiro atoms. The fourth-order valence-corrected chi connectivity index (χ4v) is 5.13. The van der Waals surface area contributed by atoms with Gasteiger partial charge in [0.05, 0.1) is 23.0 Å². The minimum Gasteiger partial charge on any atom is -0.507 e. The Morgan fingerprint density at radius 2 is 1.97 bits per heavy atom. The third kappa shape index (κ3) is 3.18. The van der Waals surface area contributed by atoms with Gasteiger partial charge in [0.25, 0.3) is 5.19 Å². The van der Waals surface area contributed by atoms with Gasteiger partial charge in [-0.2, -0.15) is 5.10 Å². The highest BCUT2D eigenvalue weighted by molar-refractivity contribution is 7.16. The van der Waals surface area contributed by atoms with Crippen molar-refractivity contribution in [2.75, 3.05) is 7.05 Å². The van der Waals surface area contributed by atoms with Crippen molar-refractivity contribution in [1.29, 1.82) is 0 Å². The predicted molar refractivity (Wildman–Crippen MR) is 112 cm³/mol. The van der Waals surface area contributed by atoms with E-state index in [0.717, 1.165) is 23.4 Å². The molecule has 0 saturated carbocycles. The molecule has 2 bridgehead atoms. The SMILES string of the molecule is CC1=C(F)C2CC(Oc3nnc(-c4ccc(-n5ccc(C)n5)cc4O)s3)CC1N2C. The smallest absolute Gasteiger partial charge is 0.294 e. The topological polar surface area (TPSA) is 76.3 Å². The molecule has 5 rings (SSSR count). The van der Waals surface area contributed by atoms with Crippen LogP contribution in [0.3, 0.4) is 0 Å². The molecule has 2 aliphatic heterocycles. The zero-order chi connectivity index (χ0) is 21.0. The minimum atomic E-state index is -0.219. The van der Waals surface area contributed by atoms with Gasteiger partial charge in [-0.05, 0) is 44.7 Å². The van der Waals surface area contributed by atoms with Crippen LogP contribution in [-0.2, 0) is 0 Å². The highest BCUT2D eigenvalue weighted by Gasteiger charge is 2.44. The average molecular weight is 428 g/mol. The lowest BCUT2D eigenvalue weighted by atomic mass is 9.98. The van der Waals surface area contributed by atoms with Crippen LogP contribution in [0.4, 0.5) is 4.39 Å². The highest BCUT2D eigenvalue weighted by atomic mass is 32.1. The predicted octanol–water partition coefficient (Wildman–Crippen LogP) is 3.87. The number of fused-ring (bicyclic) bond motifs is 2. The van der Waals surface area contributed by atoms with Crippen LogP contribution >= 0.6 is 11.3 Å². The van der Waals surface area contributed by atoms with Crippen molar-refractivity contribution in [3.63, 3.8) is 0 Å². The van der Waals surface area contributed by atoms with E-state index in [1.807, 2.05) is 39.2 Å². The van der Waals surface area contributed by atoms with E-state index < -0.39 is 0 Å². The zero-order valence-corrected chi connectivity index (χ0v) is 17.7. The molecule has 7 nitrogen and oxygen atoms in total. The van der Waals surface area contributed by atoms with Crippen LogP contribution < -0.4 is 4.74 Å². The van der Waals surface area contributed by atoms with Crippen molar-refractivity contribution in [2.24, 2.45) is 0 Å². The Balaban J connectivity index is 1.32. The van der Waals surface area contributed by atoms with Crippen molar-refractivity contribution in [2.45, 2.75) is 44.9 Å². The number of aromatic hydroxyl groups is 1. The summed E-state index contributed by atoms with van der Waals surface area (Å²) in [4.78, 5) is 2.08. The molecule has 3 unspecified atom stereocenters. The maximum Gasteiger partial charge on any atom is 0.294 e. The van der Waals surface area contributed by atoms with E-state index in [1.165, 1.54) is 11.3 Å². The molecule has 4 heterocycles. The van der Waals surface area contributed by atoms with Crippen LogP contribution in [0.15, 0.2) is 41.9 Å². The van der Waals surface area contributed by atoms with Gasteiger partial charge in [-0.3, -0.25) is 4.90 Å². The van der Waals surface area contributed by atoms with Crippen LogP contribution in [0.2, 0.25) is 0 Å². The average Bonchev–Trinajstić information content (AvgIpc) is 3.39. The van der Waals surface area contributed by atoms with E-state index in [1.54, 1.807) is 16.8 Å². The normalized spacial score (nSPS) is 23.9. The first-order valence-corrected chi connectivity index (χ1v) is 10.7. The lowest BCUT2D eigenvalue weighted by molar-refractivity contribution is 0.0652. The number of ether oxygens (including phenoxy) is 1. The number of piperidine rings is 1. The minimum absolute atomic E-state index is 0.0241. The number of nitrogens with zero attached hydrogens (tertiary/aromatic N) is 5. The van der Waals surface area contributed by atoms with Crippen LogP contribution in [0.5, 0.6) is 10.9 Å². The number of phenolic OH excluding ortho intramolecular Hbond substituents is 1. The second-order valence-electron chi connectivity index (χ2n) is 7.92. The molecule has 0 aliphatic carbocycles. The fraction of sp³-hybridized carbons (Fsp3) is 0.381. The van der Waals surface area contributed by atoms with Crippen molar-refractivity contribution < 1.29 is 14.2 Å². The Morgan fingerprint density at radius 1 is 1.17 bits per heavy atom. The molecule has 1 fully saturated rings. The van der Waals surface area contributed by atoms with Gasteiger partial charge >= 0.3 is 0 Å². The fourth-order valence-electron chi connectivity index (χ4n) is 4.34. The molecule has 1 N–H and O–H groups in total. The van der Waals surface area contributed by atoms with Crippen molar-refractivity contribution in [3.05, 3.63) is 47.6 Å². The Bertz CT molecular complexity index is 1120. The standard InChI is InChI=1S/C21H22FN5O2S/c1-11-6-7-27(25-11)13-4-5-15(18(28)8-13)20-23-24-21(30-20)29-14-9-16-12(2)19(22)17(10-14)26(16)3/h4-8,14,16-17,28H,9-10H2,1-3H3. The third-order valence-corrected chi connectivity index (χ3v) is 6.84. The Labute approximate surface area is 177 Å². The van der Waals surface area contributed by atoms with Gasteiger partial charge in [0, 0.05) is 31.1 Å². The number of rotatable bonds is 4. The lowest BCUT2D eigenvalue weighted by Crippen LogP contribution is -2.45. The lowest BCUT2D eigenvalue weighted by Gasteiger charge is -2.36. The first-order chi connectivity index (χ1) is 14.4. The van der Waals surface area contributed by atoms with Gasteiger partial charge < -0.3 is 9.84 Å². The highest BCUT2D eigenvalue weighted by Crippen LogP contribution is 2.41. The molecule has 2 aromatic heterocycles. The van der Waals surface area contributed by atoms with Crippen LogP contribution in [0.1, 0.15) is 25.5 Å². The number of likely N-dealkylation sites (N-methyl/N-ethyl adjacent to an activating group) is 1. The molecular formula is C21H22FN5O2S. The number of halogens is 1. The van der Waals surface area contributed by atoms with Crippen molar-refractivity contribution >= 4 is 11.3 Å². The molecule has 0 radical (unpaired) electrons. The van der Waals surface area contributed by atoms with Crippen LogP contribution in [0, 0.1) is 6.92 Å². The summed E-state index contributed by atoms with van der Waals surface area (Å²) >= 11 is 1.28. The second-order valence-corrected chi connectivity index (χ2v) is 8.86. The van der Waals surface area contributed by atoms with Gasteiger partial charge in [0.2, 0.25) is 0 Å². The molecule has 1 aromatic carbocycles. The maximum absolute atomic E-state index is 14.4. The Hall–Kier alpha value is -2.78. The number of hydrogen-bond acceptors (Lipinski definition) is 7. The zero-order valence-electron chi connectivity index (χ0n) is 16.9. The van der Waals surface area contributed by atoms with E-state index in [4.69, 9.17) is 4.74 Å². The van der Waals surface area contributed by atoms with Crippen molar-refractivity contribution in [3.8, 4) is 27.2 Å². The molecule has 2 aliphatic rings. The van der Waals surface area contributed by atoms with E-state index in [9.17, 15) is 9.50 Å². The van der Waals surface area contributed by atoms with Gasteiger partial charge in [0.1, 0.15) is 17.7 Å². The molecule has 0 amide bonds. The number of aromatic nitrogens is 4. The molecule has 3 atom stereocenters.